The number of aryl methyl sites for hydroxylation is 2. The number of ether oxygens (including phenoxy) is 1. The molecule has 3 N–H and O–H groups in total. The minimum atomic E-state index is -0.618. The van der Waals surface area contributed by atoms with Gasteiger partial charge in [0, 0.05) is 18.0 Å². The molecule has 0 saturated carbocycles. The van der Waals surface area contributed by atoms with Crippen molar-refractivity contribution in [2.24, 2.45) is 4.99 Å². The average Bonchev–Trinajstić information content (AvgIpc) is 3.00. The largest absolute Gasteiger partial charge is 0.491 e. The number of benzene rings is 1. The van der Waals surface area contributed by atoms with Crippen LogP contribution in [0.4, 0.5) is 0 Å². The van der Waals surface area contributed by atoms with Crippen LogP contribution in [0.1, 0.15) is 22.9 Å². The van der Waals surface area contributed by atoms with E-state index in [1.54, 1.807) is 11.3 Å². The third kappa shape index (κ3) is 6.76. The molecule has 5 nitrogen and oxygen atoms in total. The number of aliphatic imine (C=N–C) groups is 1. The summed E-state index contributed by atoms with van der Waals surface area (Å²) < 4.78 is 5.63. The Morgan fingerprint density at radius 1 is 1.28 bits per heavy atom. The zero-order chi connectivity index (χ0) is 18.1. The normalized spacial score (nSPS) is 12.7. The highest BCUT2D eigenvalue weighted by Crippen LogP contribution is 2.16. The monoisotopic (exact) mass is 361 g/mol. The first kappa shape index (κ1) is 19.3. The summed E-state index contributed by atoms with van der Waals surface area (Å²) in [6.45, 7) is 8.14. The van der Waals surface area contributed by atoms with Crippen molar-refractivity contribution in [3.05, 3.63) is 51.7 Å². The van der Waals surface area contributed by atoms with Gasteiger partial charge in [-0.3, -0.25) is 0 Å². The van der Waals surface area contributed by atoms with Crippen LogP contribution in [0.3, 0.4) is 0 Å². The lowest BCUT2D eigenvalue weighted by atomic mass is 10.2. The molecular formula is C19H27N3O2S. The molecule has 1 aromatic heterocycles. The number of aliphatic hydroxyl groups is 1. The second-order valence-electron chi connectivity index (χ2n) is 5.88. The molecule has 1 aromatic carbocycles. The second kappa shape index (κ2) is 10.1. The van der Waals surface area contributed by atoms with Crippen LogP contribution in [0.25, 0.3) is 0 Å². The number of guanidine groups is 1. The molecular weight excluding hydrogens is 334 g/mol. The van der Waals surface area contributed by atoms with Crippen LogP contribution < -0.4 is 15.4 Å². The van der Waals surface area contributed by atoms with Gasteiger partial charge in [0.2, 0.25) is 0 Å². The van der Waals surface area contributed by atoms with Crippen molar-refractivity contribution in [2.75, 3.05) is 19.7 Å². The number of nitrogens with zero attached hydrogens (tertiary/aromatic N) is 1. The predicted molar refractivity (Wildman–Crippen MR) is 105 cm³/mol. The predicted octanol–water partition coefficient (Wildman–Crippen LogP) is 2.86. The lowest BCUT2D eigenvalue weighted by Gasteiger charge is -2.16. The summed E-state index contributed by atoms with van der Waals surface area (Å²) in [4.78, 5) is 5.82. The Kier molecular flexibility index (Phi) is 7.76. The average molecular weight is 362 g/mol. The summed E-state index contributed by atoms with van der Waals surface area (Å²) >= 11 is 1.71. The number of aliphatic hydroxyl groups excluding tert-OH is 1. The maximum Gasteiger partial charge on any atom is 0.191 e. The molecule has 0 fully saturated rings. The summed E-state index contributed by atoms with van der Waals surface area (Å²) in [7, 11) is 0. The molecule has 0 amide bonds. The maximum atomic E-state index is 10.1. The quantitative estimate of drug-likeness (QED) is 0.500. The van der Waals surface area contributed by atoms with Crippen molar-refractivity contribution in [2.45, 2.75) is 33.4 Å². The van der Waals surface area contributed by atoms with E-state index in [-0.39, 0.29) is 6.61 Å². The molecule has 2 rings (SSSR count). The van der Waals surface area contributed by atoms with Crippen LogP contribution in [-0.2, 0) is 6.54 Å². The minimum absolute atomic E-state index is 0.236. The molecule has 0 aliphatic heterocycles. The van der Waals surface area contributed by atoms with Crippen LogP contribution >= 0.6 is 11.3 Å². The molecule has 1 heterocycles. The summed E-state index contributed by atoms with van der Waals surface area (Å²) in [5.74, 6) is 1.47. The number of hydrogen-bond donors (Lipinski definition) is 3. The first-order valence-corrected chi connectivity index (χ1v) is 9.39. The third-order valence-electron chi connectivity index (χ3n) is 3.63. The van der Waals surface area contributed by atoms with Gasteiger partial charge in [-0.1, -0.05) is 12.1 Å². The van der Waals surface area contributed by atoms with E-state index >= 15 is 0 Å². The molecule has 6 heteroatoms. The van der Waals surface area contributed by atoms with E-state index in [0.29, 0.717) is 19.0 Å². The lowest BCUT2D eigenvalue weighted by molar-refractivity contribution is 0.110. The van der Waals surface area contributed by atoms with Gasteiger partial charge in [-0.2, -0.15) is 0 Å². The minimum Gasteiger partial charge on any atom is -0.491 e. The summed E-state index contributed by atoms with van der Waals surface area (Å²) in [5.41, 5.74) is 2.40. The highest BCUT2D eigenvalue weighted by atomic mass is 32.1. The van der Waals surface area contributed by atoms with Crippen molar-refractivity contribution < 1.29 is 9.84 Å². The van der Waals surface area contributed by atoms with E-state index in [1.165, 1.54) is 10.4 Å². The number of rotatable bonds is 8. The van der Waals surface area contributed by atoms with Crippen molar-refractivity contribution >= 4 is 17.3 Å². The highest BCUT2D eigenvalue weighted by Gasteiger charge is 2.07. The lowest BCUT2D eigenvalue weighted by Crippen LogP contribution is -2.42. The fourth-order valence-corrected chi connectivity index (χ4v) is 3.06. The van der Waals surface area contributed by atoms with E-state index < -0.39 is 6.10 Å². The van der Waals surface area contributed by atoms with Gasteiger partial charge < -0.3 is 20.5 Å². The Hall–Kier alpha value is -2.05. The first-order valence-electron chi connectivity index (χ1n) is 8.51. The van der Waals surface area contributed by atoms with E-state index in [4.69, 9.17) is 4.74 Å². The molecule has 1 atom stereocenters. The van der Waals surface area contributed by atoms with Gasteiger partial charge in [-0.15, -0.1) is 11.3 Å². The standard InChI is InChI=1S/C19H27N3O2S/c1-4-20-19(22-12-18-15(3)8-9-25-18)21-11-16(23)13-24-17-7-5-6-14(2)10-17/h5-10,16,23H,4,11-13H2,1-3H3,(H2,20,21,22). The van der Waals surface area contributed by atoms with Gasteiger partial charge in [0.05, 0.1) is 6.54 Å². The van der Waals surface area contributed by atoms with Crippen molar-refractivity contribution in [1.82, 2.24) is 10.6 Å². The molecule has 1 unspecified atom stereocenters. The number of thiophene rings is 1. The van der Waals surface area contributed by atoms with Gasteiger partial charge in [-0.05, 0) is 55.5 Å². The topological polar surface area (TPSA) is 65.9 Å². The molecule has 0 aliphatic carbocycles. The van der Waals surface area contributed by atoms with Gasteiger partial charge >= 0.3 is 0 Å². The van der Waals surface area contributed by atoms with Crippen LogP contribution in [0.2, 0.25) is 0 Å². The van der Waals surface area contributed by atoms with E-state index in [1.807, 2.05) is 38.1 Å². The summed E-state index contributed by atoms with van der Waals surface area (Å²) in [6, 6.07) is 9.90. The summed E-state index contributed by atoms with van der Waals surface area (Å²) in [6.07, 6.45) is -0.618. The fourth-order valence-electron chi connectivity index (χ4n) is 2.23. The highest BCUT2D eigenvalue weighted by molar-refractivity contribution is 7.10. The van der Waals surface area contributed by atoms with Crippen molar-refractivity contribution in [1.29, 1.82) is 0 Å². The van der Waals surface area contributed by atoms with Crippen molar-refractivity contribution in [3.8, 4) is 5.75 Å². The molecule has 0 saturated heterocycles. The smallest absolute Gasteiger partial charge is 0.191 e. The molecule has 25 heavy (non-hydrogen) atoms. The Balaban J connectivity index is 1.80. The molecule has 0 spiro atoms. The van der Waals surface area contributed by atoms with Crippen molar-refractivity contribution in [3.63, 3.8) is 0 Å². The zero-order valence-corrected chi connectivity index (χ0v) is 15.9. The fraction of sp³-hybridized carbons (Fsp3) is 0.421. The first-order chi connectivity index (χ1) is 12.1. The van der Waals surface area contributed by atoms with Gasteiger partial charge in [0.15, 0.2) is 5.96 Å². The summed E-state index contributed by atoms with van der Waals surface area (Å²) in [5, 5.41) is 18.6. The van der Waals surface area contributed by atoms with E-state index in [9.17, 15) is 5.11 Å². The number of hydrogen-bond acceptors (Lipinski definition) is 4. The van der Waals surface area contributed by atoms with Crippen LogP contribution in [-0.4, -0.2) is 36.9 Å². The van der Waals surface area contributed by atoms with Gasteiger partial charge in [0.25, 0.3) is 0 Å². The molecule has 2 aromatic rings. The second-order valence-corrected chi connectivity index (χ2v) is 6.88. The SMILES string of the molecule is CCNC(=NCc1sccc1C)NCC(O)COc1cccc(C)c1. The van der Waals surface area contributed by atoms with E-state index in [2.05, 4.69) is 34.0 Å². The Morgan fingerprint density at radius 3 is 2.80 bits per heavy atom. The zero-order valence-electron chi connectivity index (χ0n) is 15.1. The Bertz CT molecular complexity index is 685. The van der Waals surface area contributed by atoms with Crippen LogP contribution in [0.15, 0.2) is 40.7 Å². The van der Waals surface area contributed by atoms with Crippen LogP contribution in [0.5, 0.6) is 5.75 Å². The number of nitrogens with one attached hydrogen (secondary N) is 2. The molecule has 0 radical (unpaired) electrons. The van der Waals surface area contributed by atoms with Gasteiger partial charge in [0.1, 0.15) is 18.5 Å². The Labute approximate surface area is 153 Å². The van der Waals surface area contributed by atoms with E-state index in [0.717, 1.165) is 17.9 Å². The molecule has 136 valence electrons. The Morgan fingerprint density at radius 2 is 2.12 bits per heavy atom. The molecule has 0 aliphatic rings. The molecule has 0 bridgehead atoms. The maximum absolute atomic E-state index is 10.1. The van der Waals surface area contributed by atoms with Crippen LogP contribution in [0, 0.1) is 13.8 Å². The third-order valence-corrected chi connectivity index (χ3v) is 4.64. The van der Waals surface area contributed by atoms with Gasteiger partial charge in [-0.25, -0.2) is 4.99 Å².